The van der Waals surface area contributed by atoms with E-state index in [4.69, 9.17) is 9.40 Å². The second-order valence-electron chi connectivity index (χ2n) is 25.3. The fourth-order valence-corrected chi connectivity index (χ4v) is 11.5. The lowest BCUT2D eigenvalue weighted by Crippen LogP contribution is -2.61. The van der Waals surface area contributed by atoms with Gasteiger partial charge in [-0.15, -0.1) is 0 Å². The summed E-state index contributed by atoms with van der Waals surface area (Å²) in [5, 5.41) is 0. The van der Waals surface area contributed by atoms with Gasteiger partial charge < -0.3 is 14.2 Å². The maximum atomic E-state index is 6.99. The number of rotatable bonds is 6. The Bertz CT molecular complexity index is 3770. The molecule has 5 heteroatoms. The van der Waals surface area contributed by atoms with E-state index in [0.717, 1.165) is 67.2 Å². The lowest BCUT2D eigenvalue weighted by molar-refractivity contribution is 0.589. The van der Waals surface area contributed by atoms with E-state index in [9.17, 15) is 0 Å². The number of nitrogens with zero attached hydrogens (tertiary/aromatic N) is 3. The Morgan fingerprint density at radius 3 is 1.38 bits per heavy atom. The van der Waals surface area contributed by atoms with Gasteiger partial charge in [-0.05, 0) is 137 Å². The van der Waals surface area contributed by atoms with Crippen molar-refractivity contribution in [2.45, 2.75) is 105 Å². The molecule has 0 N–H and O–H groups in total. The highest BCUT2D eigenvalue weighted by molar-refractivity contribution is 7.00. The van der Waals surface area contributed by atoms with E-state index >= 15 is 0 Å². The number of benzene rings is 9. The van der Waals surface area contributed by atoms with Crippen LogP contribution in [0.3, 0.4) is 0 Å². The molecule has 76 heavy (non-hydrogen) atoms. The number of fused-ring (bicyclic) bond motifs is 5. The third kappa shape index (κ3) is 8.55. The topological polar surface area (TPSA) is 32.5 Å². The van der Waals surface area contributed by atoms with Gasteiger partial charge in [-0.3, -0.25) is 0 Å². The van der Waals surface area contributed by atoms with Crippen LogP contribution in [0.5, 0.6) is 0 Å². The first-order chi connectivity index (χ1) is 36.2. The van der Waals surface area contributed by atoms with Crippen LogP contribution in [0.25, 0.3) is 55.9 Å². The SMILES string of the molecule is CC(C)(C)c1ccc(-c2ccc(-c3nc4cc5c(cc4o3)B3c4cc(C(C)(C)C)ccc4N(c4ccc(C(C)(C)C)cc4)c4cc(C(C)(C)C)cc(c43)N5c3c(-c4ccccc4)cccc3-c3ccccc3)cc2)cc1. The summed E-state index contributed by atoms with van der Waals surface area (Å²) in [7, 11) is 0. The van der Waals surface area contributed by atoms with Crippen molar-refractivity contribution in [3.05, 3.63) is 216 Å². The van der Waals surface area contributed by atoms with Crippen LogP contribution in [0.15, 0.2) is 199 Å². The Morgan fingerprint density at radius 1 is 0.368 bits per heavy atom. The van der Waals surface area contributed by atoms with Crippen molar-refractivity contribution in [2.24, 2.45) is 0 Å². The molecule has 0 bridgehead atoms. The molecule has 9 aromatic carbocycles. The first-order valence-electron chi connectivity index (χ1n) is 27.1. The minimum Gasteiger partial charge on any atom is -0.436 e. The standard InChI is InChI=1S/C71H68BN3O/c1-68(2,3)50-32-30-46(31-33-50)45-26-28-49(29-27-45)67-73-59-44-61-58(43-64(59)76-67)72-57-40-52(70(7,8)9)36-39-60(57)74(54-37-34-51(35-38-54)69(4,5)6)62-41-53(71(10,11)12)42-63(65(62)72)75(61)66-55(47-20-15-13-16-21-47)24-19-25-56(66)48-22-17-14-18-23-48/h13-44H,1-12H3. The molecule has 0 saturated carbocycles. The van der Waals surface area contributed by atoms with Gasteiger partial charge in [0.1, 0.15) is 5.52 Å². The van der Waals surface area contributed by atoms with Crippen LogP contribution in [0, 0.1) is 0 Å². The Kier molecular flexibility index (Phi) is 11.5. The van der Waals surface area contributed by atoms with Crippen molar-refractivity contribution in [3.8, 4) is 44.8 Å². The van der Waals surface area contributed by atoms with Crippen LogP contribution < -0.4 is 26.2 Å². The summed E-state index contributed by atoms with van der Waals surface area (Å²) in [6.07, 6.45) is 0. The van der Waals surface area contributed by atoms with E-state index in [1.54, 1.807) is 0 Å². The first kappa shape index (κ1) is 49.0. The number of hydrogen-bond acceptors (Lipinski definition) is 4. The summed E-state index contributed by atoms with van der Waals surface area (Å²) in [6.45, 7) is 27.5. The number of anilines is 6. The van der Waals surface area contributed by atoms with Gasteiger partial charge in [0, 0.05) is 45.1 Å². The van der Waals surface area contributed by atoms with Crippen molar-refractivity contribution in [1.29, 1.82) is 0 Å². The van der Waals surface area contributed by atoms with Crippen molar-refractivity contribution >= 4 is 68.3 Å². The van der Waals surface area contributed by atoms with Crippen LogP contribution in [0.4, 0.5) is 34.1 Å². The van der Waals surface area contributed by atoms with Gasteiger partial charge >= 0.3 is 0 Å². The summed E-state index contributed by atoms with van der Waals surface area (Å²) in [6, 6.07) is 72.4. The predicted octanol–water partition coefficient (Wildman–Crippen LogP) is 17.8. The van der Waals surface area contributed by atoms with Gasteiger partial charge in [0.2, 0.25) is 5.89 Å². The Labute approximate surface area is 451 Å². The number of aromatic nitrogens is 1. The summed E-state index contributed by atoms with van der Waals surface area (Å²) >= 11 is 0. The van der Waals surface area contributed by atoms with E-state index < -0.39 is 0 Å². The highest BCUT2D eigenvalue weighted by Gasteiger charge is 2.46. The van der Waals surface area contributed by atoms with Crippen LogP contribution in [0.1, 0.15) is 105 Å². The second kappa shape index (κ2) is 17.9. The molecule has 0 saturated heterocycles. The number of hydrogen-bond donors (Lipinski definition) is 0. The van der Waals surface area contributed by atoms with E-state index in [2.05, 4.69) is 287 Å². The van der Waals surface area contributed by atoms with Crippen molar-refractivity contribution in [3.63, 3.8) is 0 Å². The van der Waals surface area contributed by atoms with Crippen molar-refractivity contribution < 1.29 is 4.42 Å². The molecule has 0 amide bonds. The minimum absolute atomic E-state index is 0.0114. The zero-order chi connectivity index (χ0) is 53.1. The fraction of sp³-hybridized carbons (Fsp3) is 0.225. The summed E-state index contributed by atoms with van der Waals surface area (Å²) < 4.78 is 6.99. The lowest BCUT2D eigenvalue weighted by atomic mass is 9.33. The molecule has 3 heterocycles. The highest BCUT2D eigenvalue weighted by atomic mass is 16.3. The van der Waals surface area contributed by atoms with E-state index in [1.807, 2.05) is 0 Å². The van der Waals surface area contributed by atoms with Crippen molar-refractivity contribution in [2.75, 3.05) is 9.80 Å². The molecule has 2 aliphatic heterocycles. The fourth-order valence-electron chi connectivity index (χ4n) is 11.5. The van der Waals surface area contributed by atoms with Gasteiger partial charge in [-0.1, -0.05) is 223 Å². The monoisotopic (exact) mass is 990 g/mol. The van der Waals surface area contributed by atoms with Crippen LogP contribution in [0.2, 0.25) is 0 Å². The molecule has 0 unspecified atom stereocenters. The highest BCUT2D eigenvalue weighted by Crippen LogP contribution is 2.52. The lowest BCUT2D eigenvalue weighted by Gasteiger charge is -2.46. The molecule has 2 aliphatic rings. The summed E-state index contributed by atoms with van der Waals surface area (Å²) in [5.41, 5.74) is 25.1. The summed E-state index contributed by atoms with van der Waals surface area (Å²) in [5.74, 6) is 0.602. The molecule has 376 valence electrons. The molecule has 0 aliphatic carbocycles. The molecule has 0 radical (unpaired) electrons. The van der Waals surface area contributed by atoms with Gasteiger partial charge in [0.15, 0.2) is 5.58 Å². The largest absolute Gasteiger partial charge is 0.436 e. The molecule has 12 rings (SSSR count). The van der Waals surface area contributed by atoms with Gasteiger partial charge in [0.25, 0.3) is 6.71 Å². The Hall–Kier alpha value is -7.89. The molecule has 1 aromatic heterocycles. The smallest absolute Gasteiger partial charge is 0.252 e. The van der Waals surface area contributed by atoms with E-state index in [-0.39, 0.29) is 28.4 Å². The summed E-state index contributed by atoms with van der Waals surface area (Å²) in [4.78, 5) is 10.5. The minimum atomic E-state index is -0.192. The quantitative estimate of drug-likeness (QED) is 0.155. The molecule has 0 atom stereocenters. The van der Waals surface area contributed by atoms with Crippen LogP contribution in [-0.2, 0) is 21.7 Å². The second-order valence-corrected chi connectivity index (χ2v) is 25.3. The molecule has 10 aromatic rings. The zero-order valence-electron chi connectivity index (χ0n) is 46.3. The third-order valence-corrected chi connectivity index (χ3v) is 15.9. The van der Waals surface area contributed by atoms with Crippen LogP contribution in [-0.4, -0.2) is 11.7 Å². The molecule has 4 nitrogen and oxygen atoms in total. The average molecular weight is 990 g/mol. The normalized spacial score (nSPS) is 13.4. The molecule has 0 spiro atoms. The maximum absolute atomic E-state index is 6.99. The van der Waals surface area contributed by atoms with E-state index in [1.165, 1.54) is 55.6 Å². The van der Waals surface area contributed by atoms with Gasteiger partial charge in [0.05, 0.1) is 5.69 Å². The average Bonchev–Trinajstić information content (AvgIpc) is 3.91. The first-order valence-corrected chi connectivity index (χ1v) is 27.1. The third-order valence-electron chi connectivity index (χ3n) is 15.9. The van der Waals surface area contributed by atoms with Crippen molar-refractivity contribution in [1.82, 2.24) is 4.98 Å². The molecular formula is C71H68BN3O. The number of para-hydroxylation sites is 1. The zero-order valence-corrected chi connectivity index (χ0v) is 46.3. The van der Waals surface area contributed by atoms with Gasteiger partial charge in [-0.25, -0.2) is 4.98 Å². The molecule has 0 fully saturated rings. The predicted molar refractivity (Wildman–Crippen MR) is 325 cm³/mol. The van der Waals surface area contributed by atoms with E-state index in [0.29, 0.717) is 5.89 Å². The van der Waals surface area contributed by atoms with Crippen LogP contribution >= 0.6 is 0 Å². The molecular weight excluding hydrogens is 922 g/mol. The number of oxazole rings is 1. The van der Waals surface area contributed by atoms with Gasteiger partial charge in [-0.2, -0.15) is 0 Å². The Balaban J connectivity index is 1.16. The Morgan fingerprint density at radius 2 is 0.842 bits per heavy atom. The maximum Gasteiger partial charge on any atom is 0.252 e.